The molecule has 8 nitrogen and oxygen atoms in total. The van der Waals surface area contributed by atoms with Gasteiger partial charge < -0.3 is 15.2 Å². The van der Waals surface area contributed by atoms with Gasteiger partial charge in [0.15, 0.2) is 0 Å². The highest BCUT2D eigenvalue weighted by molar-refractivity contribution is 6.36. The molecule has 0 saturated heterocycles. The first-order valence-electron chi connectivity index (χ1n) is 12.7. The molecule has 1 aliphatic carbocycles. The fourth-order valence-corrected chi connectivity index (χ4v) is 5.34. The van der Waals surface area contributed by atoms with Crippen molar-refractivity contribution >= 4 is 34.4 Å². The Morgan fingerprint density at radius 3 is 2.55 bits per heavy atom. The molecule has 0 atom stereocenters. The van der Waals surface area contributed by atoms with E-state index < -0.39 is 5.97 Å². The maximum atomic E-state index is 13.3. The molecule has 0 spiro atoms. The van der Waals surface area contributed by atoms with Crippen molar-refractivity contribution in [2.45, 2.75) is 44.7 Å². The Bertz CT molecular complexity index is 1460. The number of hydrogen-bond donors (Lipinski definition) is 2. The Kier molecular flexibility index (Phi) is 7.60. The van der Waals surface area contributed by atoms with E-state index in [1.54, 1.807) is 30.1 Å². The van der Waals surface area contributed by atoms with E-state index in [0.717, 1.165) is 47.9 Å². The molecule has 1 saturated carbocycles. The lowest BCUT2D eigenvalue weighted by Gasteiger charge is -2.28. The van der Waals surface area contributed by atoms with E-state index in [9.17, 15) is 9.59 Å². The summed E-state index contributed by atoms with van der Waals surface area (Å²) in [5.41, 5.74) is 4.02. The van der Waals surface area contributed by atoms with Crippen molar-refractivity contribution in [3.63, 3.8) is 0 Å². The second-order valence-electron chi connectivity index (χ2n) is 9.71. The van der Waals surface area contributed by atoms with E-state index in [1.807, 2.05) is 42.5 Å². The Balaban J connectivity index is 1.34. The molecule has 2 heterocycles. The highest BCUT2D eigenvalue weighted by Gasteiger charge is 2.25. The van der Waals surface area contributed by atoms with Gasteiger partial charge >= 0.3 is 5.97 Å². The largest absolute Gasteiger partial charge is 0.481 e. The number of fused-ring (bicyclic) bond motifs is 1. The van der Waals surface area contributed by atoms with Crippen molar-refractivity contribution in [2.24, 2.45) is 5.92 Å². The first-order chi connectivity index (χ1) is 18.4. The standard InChI is InChI=1S/C29H29ClN4O4/c1-38-26-4-2-3-25(33-26)20-9-5-19(6-10-20)17-34-28-22(13-14-24(30)23(28)16-31-34)29(37)32-21-11-7-18(8-12-21)15-27(35)36/h2-6,9-10,13-14,16,18,21H,7-8,11-12,15,17H2,1H3,(H,32,37)(H,35,36). The van der Waals surface area contributed by atoms with E-state index >= 15 is 0 Å². The van der Waals surface area contributed by atoms with Crippen molar-refractivity contribution < 1.29 is 19.4 Å². The monoisotopic (exact) mass is 532 g/mol. The van der Waals surface area contributed by atoms with E-state index in [4.69, 9.17) is 21.4 Å². The maximum Gasteiger partial charge on any atom is 0.303 e. The fourth-order valence-electron chi connectivity index (χ4n) is 5.14. The number of halogens is 1. The number of carboxylic acids is 1. The fraction of sp³-hybridized carbons (Fsp3) is 0.310. The third-order valence-corrected chi connectivity index (χ3v) is 7.48. The highest BCUT2D eigenvalue weighted by atomic mass is 35.5. The van der Waals surface area contributed by atoms with Crippen molar-refractivity contribution in [3.05, 3.63) is 76.9 Å². The van der Waals surface area contributed by atoms with Gasteiger partial charge in [-0.2, -0.15) is 5.10 Å². The minimum absolute atomic E-state index is 0.0207. The predicted molar refractivity (Wildman–Crippen MR) is 146 cm³/mol. The van der Waals surface area contributed by atoms with Crippen LogP contribution in [0.15, 0.2) is 60.8 Å². The average molecular weight is 533 g/mol. The quantitative estimate of drug-likeness (QED) is 0.307. The number of aromatic nitrogens is 3. The third-order valence-electron chi connectivity index (χ3n) is 7.15. The van der Waals surface area contributed by atoms with Gasteiger partial charge in [-0.1, -0.05) is 41.9 Å². The van der Waals surface area contributed by atoms with Gasteiger partial charge in [-0.05, 0) is 55.4 Å². The van der Waals surface area contributed by atoms with E-state index in [-0.39, 0.29) is 24.3 Å². The molecule has 1 fully saturated rings. The SMILES string of the molecule is COc1cccc(-c2ccc(Cn3ncc4c(Cl)ccc(C(=O)NC5CCC(CC(=O)O)CC5)c43)cc2)n1. The zero-order valence-electron chi connectivity index (χ0n) is 21.1. The molecule has 1 amide bonds. The summed E-state index contributed by atoms with van der Waals surface area (Å²) >= 11 is 6.46. The number of carbonyl (C=O) groups is 2. The lowest BCUT2D eigenvalue weighted by atomic mass is 9.84. The minimum Gasteiger partial charge on any atom is -0.481 e. The van der Waals surface area contributed by atoms with Crippen molar-refractivity contribution in [3.8, 4) is 17.1 Å². The van der Waals surface area contributed by atoms with Crippen LogP contribution in [0.25, 0.3) is 22.2 Å². The van der Waals surface area contributed by atoms with Gasteiger partial charge in [-0.25, -0.2) is 4.98 Å². The number of nitrogens with zero attached hydrogens (tertiary/aromatic N) is 3. The molecule has 2 N–H and O–H groups in total. The number of carboxylic acid groups (broad SMARTS) is 1. The number of amides is 1. The van der Waals surface area contributed by atoms with Crippen LogP contribution in [0.4, 0.5) is 0 Å². The van der Waals surface area contributed by atoms with Crippen molar-refractivity contribution in [1.82, 2.24) is 20.1 Å². The third kappa shape index (κ3) is 5.65. The summed E-state index contributed by atoms with van der Waals surface area (Å²) in [4.78, 5) is 28.8. The van der Waals surface area contributed by atoms with Crippen LogP contribution in [-0.4, -0.2) is 44.9 Å². The number of nitrogens with one attached hydrogen (secondary N) is 1. The zero-order chi connectivity index (χ0) is 26.6. The zero-order valence-corrected chi connectivity index (χ0v) is 21.8. The number of carbonyl (C=O) groups excluding carboxylic acids is 1. The second-order valence-corrected chi connectivity index (χ2v) is 10.1. The van der Waals surface area contributed by atoms with E-state index in [0.29, 0.717) is 28.5 Å². The lowest BCUT2D eigenvalue weighted by Crippen LogP contribution is -2.38. The molecule has 9 heteroatoms. The molecular formula is C29H29ClN4O4. The highest BCUT2D eigenvalue weighted by Crippen LogP contribution is 2.30. The van der Waals surface area contributed by atoms with Crippen molar-refractivity contribution in [2.75, 3.05) is 7.11 Å². The Morgan fingerprint density at radius 2 is 1.84 bits per heavy atom. The van der Waals surface area contributed by atoms with Crippen LogP contribution in [0, 0.1) is 5.92 Å². The molecule has 0 bridgehead atoms. The van der Waals surface area contributed by atoms with Gasteiger partial charge in [0.2, 0.25) is 5.88 Å². The summed E-state index contributed by atoms with van der Waals surface area (Å²) in [5.74, 6) is -0.198. The van der Waals surface area contributed by atoms with Crippen LogP contribution in [0.5, 0.6) is 5.88 Å². The van der Waals surface area contributed by atoms with Gasteiger partial charge in [0.1, 0.15) is 0 Å². The van der Waals surface area contributed by atoms with Crippen LogP contribution >= 0.6 is 11.6 Å². The smallest absolute Gasteiger partial charge is 0.303 e. The number of pyridine rings is 1. The number of hydrogen-bond acceptors (Lipinski definition) is 5. The summed E-state index contributed by atoms with van der Waals surface area (Å²) in [6.07, 6.45) is 5.02. The first kappa shape index (κ1) is 25.7. The first-order valence-corrected chi connectivity index (χ1v) is 13.1. The average Bonchev–Trinajstić information content (AvgIpc) is 3.34. The number of rotatable bonds is 8. The summed E-state index contributed by atoms with van der Waals surface area (Å²) in [5, 5.41) is 18.0. The lowest BCUT2D eigenvalue weighted by molar-refractivity contribution is -0.138. The number of ether oxygens (including phenoxy) is 1. The molecule has 5 rings (SSSR count). The molecule has 1 aliphatic rings. The summed E-state index contributed by atoms with van der Waals surface area (Å²) in [6, 6.07) is 17.2. The predicted octanol–water partition coefficient (Wildman–Crippen LogP) is 5.57. The molecule has 0 radical (unpaired) electrons. The van der Waals surface area contributed by atoms with Crippen LogP contribution < -0.4 is 10.1 Å². The van der Waals surface area contributed by atoms with Gasteiger partial charge in [-0.15, -0.1) is 0 Å². The molecule has 4 aromatic rings. The minimum atomic E-state index is -0.763. The summed E-state index contributed by atoms with van der Waals surface area (Å²) in [6.45, 7) is 0.468. The van der Waals surface area contributed by atoms with Gasteiger partial charge in [-0.3, -0.25) is 14.3 Å². The molecule has 2 aromatic carbocycles. The van der Waals surface area contributed by atoms with E-state index in [2.05, 4.69) is 15.4 Å². The molecule has 2 aromatic heterocycles. The van der Waals surface area contributed by atoms with Crippen LogP contribution in [0.1, 0.15) is 48.0 Å². The van der Waals surface area contributed by atoms with Crippen molar-refractivity contribution in [1.29, 1.82) is 0 Å². The number of aliphatic carboxylic acids is 1. The maximum absolute atomic E-state index is 13.3. The number of benzene rings is 2. The normalized spacial score (nSPS) is 17.3. The molecule has 0 aliphatic heterocycles. The molecular weight excluding hydrogens is 504 g/mol. The Hall–Kier alpha value is -3.91. The molecule has 196 valence electrons. The Morgan fingerprint density at radius 1 is 1.08 bits per heavy atom. The summed E-state index contributed by atoms with van der Waals surface area (Å²) < 4.78 is 7.03. The van der Waals surface area contributed by atoms with Crippen LogP contribution in [-0.2, 0) is 11.3 Å². The van der Waals surface area contributed by atoms with Gasteiger partial charge in [0.05, 0.1) is 41.6 Å². The van der Waals surface area contributed by atoms with Crippen LogP contribution in [0.3, 0.4) is 0 Å². The number of methoxy groups -OCH3 is 1. The second kappa shape index (κ2) is 11.2. The topological polar surface area (TPSA) is 106 Å². The van der Waals surface area contributed by atoms with Crippen LogP contribution in [0.2, 0.25) is 5.02 Å². The Labute approximate surface area is 225 Å². The summed E-state index contributed by atoms with van der Waals surface area (Å²) in [7, 11) is 1.59. The molecule has 0 unspecified atom stereocenters. The molecule has 38 heavy (non-hydrogen) atoms. The van der Waals surface area contributed by atoms with Gasteiger partial charge in [0.25, 0.3) is 5.91 Å². The van der Waals surface area contributed by atoms with E-state index in [1.165, 1.54) is 0 Å². The van der Waals surface area contributed by atoms with Gasteiger partial charge in [0, 0.05) is 29.5 Å².